The minimum Gasteiger partial charge on any atom is -0.481 e. The molecule has 0 spiro atoms. The number of unbranched alkanes of at least 4 members (excludes halogenated alkanes) is 1. The molecule has 2 fully saturated rings. The number of hydrogen-bond acceptors (Lipinski definition) is 3. The summed E-state index contributed by atoms with van der Waals surface area (Å²) in [6, 6.07) is 8.45. The molecule has 2 aliphatic carbocycles. The highest BCUT2D eigenvalue weighted by Crippen LogP contribution is 2.49. The van der Waals surface area contributed by atoms with Crippen molar-refractivity contribution < 1.29 is 18.3 Å². The molecule has 1 aromatic rings. The number of sulfonamides is 1. The number of fused-ring (bicyclic) bond motifs is 2. The number of aliphatic carboxylic acids is 1. The molecule has 2 bridgehead atoms. The first kappa shape index (κ1) is 18.1. The maximum atomic E-state index is 12.7. The zero-order chi connectivity index (χ0) is 17.9. The second-order valence-electron chi connectivity index (χ2n) is 7.08. The van der Waals surface area contributed by atoms with Crippen molar-refractivity contribution in [1.82, 2.24) is 4.72 Å². The lowest BCUT2D eigenvalue weighted by molar-refractivity contribution is -0.137. The molecule has 5 nitrogen and oxygen atoms in total. The molecule has 0 aromatic heterocycles. The van der Waals surface area contributed by atoms with E-state index in [4.69, 9.17) is 5.11 Å². The standard InChI is InChI=1S/C19H25NO4S/c21-18(22)10-6-2-5-9-17-14-11-12-15(13-14)19(17)20-25(23,24)16-7-3-1-4-8-16/h1,3-5,7-9,14-15,17,19-20H,2,6,10-13H2,(H,21,22)/b9-5-/t14-,15-,17+,19+/m1/s1. The smallest absolute Gasteiger partial charge is 0.303 e. The van der Waals surface area contributed by atoms with E-state index in [1.807, 2.05) is 6.08 Å². The highest BCUT2D eigenvalue weighted by Gasteiger charge is 2.47. The van der Waals surface area contributed by atoms with Gasteiger partial charge in [-0.05, 0) is 62.0 Å². The van der Waals surface area contributed by atoms with E-state index >= 15 is 0 Å². The van der Waals surface area contributed by atoms with Crippen LogP contribution < -0.4 is 4.72 Å². The normalized spacial score (nSPS) is 28.6. The fraction of sp³-hybridized carbons (Fsp3) is 0.526. The van der Waals surface area contributed by atoms with Crippen LogP contribution in [0.25, 0.3) is 0 Å². The maximum Gasteiger partial charge on any atom is 0.303 e. The van der Waals surface area contributed by atoms with Gasteiger partial charge in [-0.15, -0.1) is 0 Å². The Morgan fingerprint density at radius 3 is 2.64 bits per heavy atom. The molecule has 1 aromatic carbocycles. The fourth-order valence-electron chi connectivity index (χ4n) is 4.26. The first-order valence-corrected chi connectivity index (χ1v) is 10.4. The monoisotopic (exact) mass is 363 g/mol. The molecule has 2 N–H and O–H groups in total. The van der Waals surface area contributed by atoms with Gasteiger partial charge in [-0.1, -0.05) is 30.4 Å². The van der Waals surface area contributed by atoms with Gasteiger partial charge in [0.15, 0.2) is 0 Å². The van der Waals surface area contributed by atoms with Crippen molar-refractivity contribution in [1.29, 1.82) is 0 Å². The Bertz CT molecular complexity index is 729. The summed E-state index contributed by atoms with van der Waals surface area (Å²) in [5, 5.41) is 8.69. The van der Waals surface area contributed by atoms with E-state index in [-0.39, 0.29) is 18.4 Å². The number of rotatable bonds is 8. The second-order valence-corrected chi connectivity index (χ2v) is 8.80. The van der Waals surface area contributed by atoms with Crippen molar-refractivity contribution in [3.8, 4) is 0 Å². The SMILES string of the molecule is O=C(O)CCC/C=C\[C@H]1[C@@H]2CC[C@H](C2)[C@@H]1NS(=O)(=O)c1ccccc1. The Labute approximate surface area is 149 Å². The van der Waals surface area contributed by atoms with Crippen LogP contribution in [0.1, 0.15) is 38.5 Å². The lowest BCUT2D eigenvalue weighted by Crippen LogP contribution is -2.43. The first-order chi connectivity index (χ1) is 12.0. The summed E-state index contributed by atoms with van der Waals surface area (Å²) in [4.78, 5) is 10.9. The van der Waals surface area contributed by atoms with Gasteiger partial charge in [-0.2, -0.15) is 0 Å². The molecule has 0 unspecified atom stereocenters. The quantitative estimate of drug-likeness (QED) is 0.549. The topological polar surface area (TPSA) is 83.5 Å². The van der Waals surface area contributed by atoms with Crippen LogP contribution in [-0.2, 0) is 14.8 Å². The molecule has 4 atom stereocenters. The lowest BCUT2D eigenvalue weighted by Gasteiger charge is -2.29. The van der Waals surface area contributed by atoms with E-state index in [1.165, 1.54) is 0 Å². The minimum atomic E-state index is -3.51. The van der Waals surface area contributed by atoms with Crippen LogP contribution in [0, 0.1) is 17.8 Å². The van der Waals surface area contributed by atoms with Crippen LogP contribution in [0.4, 0.5) is 0 Å². The Hall–Kier alpha value is -1.66. The molecule has 6 heteroatoms. The highest BCUT2D eigenvalue weighted by atomic mass is 32.2. The van der Waals surface area contributed by atoms with Crippen LogP contribution in [0.5, 0.6) is 0 Å². The number of carbonyl (C=O) groups is 1. The Kier molecular flexibility index (Phi) is 5.59. The second kappa shape index (κ2) is 7.70. The number of hydrogen-bond donors (Lipinski definition) is 2. The zero-order valence-corrected chi connectivity index (χ0v) is 15.0. The third-order valence-electron chi connectivity index (χ3n) is 5.45. The van der Waals surface area contributed by atoms with Gasteiger partial charge in [0.25, 0.3) is 0 Å². The van der Waals surface area contributed by atoms with Crippen molar-refractivity contribution in [2.24, 2.45) is 17.8 Å². The molecule has 2 saturated carbocycles. The van der Waals surface area contributed by atoms with Gasteiger partial charge in [-0.25, -0.2) is 13.1 Å². The molecule has 0 saturated heterocycles. The first-order valence-electron chi connectivity index (χ1n) is 8.93. The van der Waals surface area contributed by atoms with Gasteiger partial charge < -0.3 is 5.11 Å². The van der Waals surface area contributed by atoms with E-state index in [1.54, 1.807) is 30.3 Å². The van der Waals surface area contributed by atoms with Crippen LogP contribution in [0.2, 0.25) is 0 Å². The average molecular weight is 363 g/mol. The minimum absolute atomic E-state index is 0.0559. The Balaban J connectivity index is 1.66. The third-order valence-corrected chi connectivity index (χ3v) is 6.92. The summed E-state index contributed by atoms with van der Waals surface area (Å²) in [5.41, 5.74) is 0. The van der Waals surface area contributed by atoms with E-state index in [9.17, 15) is 13.2 Å². The predicted octanol–water partition coefficient (Wildman–Crippen LogP) is 3.19. The molecule has 25 heavy (non-hydrogen) atoms. The van der Waals surface area contributed by atoms with Gasteiger partial charge in [0.05, 0.1) is 4.90 Å². The Morgan fingerprint density at radius 1 is 1.20 bits per heavy atom. The molecule has 2 aliphatic rings. The molecule has 0 heterocycles. The highest BCUT2D eigenvalue weighted by molar-refractivity contribution is 7.89. The fourth-order valence-corrected chi connectivity index (χ4v) is 5.62. The predicted molar refractivity (Wildman–Crippen MR) is 95.5 cm³/mol. The van der Waals surface area contributed by atoms with Crippen LogP contribution >= 0.6 is 0 Å². The van der Waals surface area contributed by atoms with Crippen LogP contribution in [0.3, 0.4) is 0 Å². The van der Waals surface area contributed by atoms with E-state index < -0.39 is 16.0 Å². The molecule has 0 amide bonds. The number of carboxylic acid groups (broad SMARTS) is 1. The average Bonchev–Trinajstić information content (AvgIpc) is 3.17. The molecule has 136 valence electrons. The number of benzene rings is 1. The number of nitrogens with one attached hydrogen (secondary N) is 1. The van der Waals surface area contributed by atoms with E-state index in [0.717, 1.165) is 25.7 Å². The summed E-state index contributed by atoms with van der Waals surface area (Å²) in [5.74, 6) is 0.366. The summed E-state index contributed by atoms with van der Waals surface area (Å²) >= 11 is 0. The van der Waals surface area contributed by atoms with E-state index in [2.05, 4.69) is 10.8 Å². The van der Waals surface area contributed by atoms with Crippen molar-refractivity contribution in [2.75, 3.05) is 0 Å². The van der Waals surface area contributed by atoms with E-state index in [0.29, 0.717) is 23.2 Å². The summed E-state index contributed by atoms with van der Waals surface area (Å²) < 4.78 is 28.3. The molecule has 0 aliphatic heterocycles. The zero-order valence-electron chi connectivity index (χ0n) is 14.2. The lowest BCUT2D eigenvalue weighted by atomic mass is 9.84. The van der Waals surface area contributed by atoms with Crippen LogP contribution in [-0.4, -0.2) is 25.5 Å². The van der Waals surface area contributed by atoms with Crippen LogP contribution in [0.15, 0.2) is 47.4 Å². The number of carboxylic acids is 1. The summed E-state index contributed by atoms with van der Waals surface area (Å²) in [7, 11) is -3.51. The number of allylic oxidation sites excluding steroid dienone is 1. The van der Waals surface area contributed by atoms with Gasteiger partial charge >= 0.3 is 5.97 Å². The van der Waals surface area contributed by atoms with Gasteiger partial charge in [0.1, 0.15) is 0 Å². The van der Waals surface area contributed by atoms with Gasteiger partial charge in [0, 0.05) is 12.5 Å². The molecule has 3 rings (SSSR count). The Morgan fingerprint density at radius 2 is 1.92 bits per heavy atom. The summed E-state index contributed by atoms with van der Waals surface area (Å²) in [6.45, 7) is 0. The molecular formula is C19H25NO4S. The largest absolute Gasteiger partial charge is 0.481 e. The molecular weight excluding hydrogens is 338 g/mol. The molecule has 0 radical (unpaired) electrons. The third kappa shape index (κ3) is 4.30. The van der Waals surface area contributed by atoms with Crippen molar-refractivity contribution >= 4 is 16.0 Å². The van der Waals surface area contributed by atoms with Crippen molar-refractivity contribution in [3.05, 3.63) is 42.5 Å². The maximum absolute atomic E-state index is 12.7. The van der Waals surface area contributed by atoms with Crippen molar-refractivity contribution in [3.63, 3.8) is 0 Å². The summed E-state index contributed by atoms with van der Waals surface area (Å²) in [6.07, 6.45) is 8.96. The van der Waals surface area contributed by atoms with Gasteiger partial charge in [-0.3, -0.25) is 4.79 Å². The van der Waals surface area contributed by atoms with Crippen molar-refractivity contribution in [2.45, 2.75) is 49.5 Å². The van der Waals surface area contributed by atoms with Gasteiger partial charge in [0.2, 0.25) is 10.0 Å².